The van der Waals surface area contributed by atoms with E-state index in [-0.39, 0.29) is 0 Å². The molecule has 0 amide bonds. The van der Waals surface area contributed by atoms with Gasteiger partial charge < -0.3 is 5.32 Å². The fraction of sp³-hybridized carbons (Fsp3) is 0.647. The SMILES string of the molecule is CCc1ccc(C(C)N(C)CC2CCCNC2)cc1. The number of nitrogens with one attached hydrogen (secondary N) is 1. The van der Waals surface area contributed by atoms with Gasteiger partial charge in [0.05, 0.1) is 0 Å². The van der Waals surface area contributed by atoms with Crippen LogP contribution in [0, 0.1) is 5.92 Å². The van der Waals surface area contributed by atoms with Crippen LogP contribution in [0.15, 0.2) is 24.3 Å². The molecular weight excluding hydrogens is 232 g/mol. The van der Waals surface area contributed by atoms with Gasteiger partial charge in [-0.3, -0.25) is 4.90 Å². The first-order valence-electron chi connectivity index (χ1n) is 7.70. The van der Waals surface area contributed by atoms with E-state index in [1.54, 1.807) is 0 Å². The van der Waals surface area contributed by atoms with E-state index in [0.717, 1.165) is 12.3 Å². The summed E-state index contributed by atoms with van der Waals surface area (Å²) >= 11 is 0. The minimum atomic E-state index is 0.507. The Hall–Kier alpha value is -0.860. The number of aryl methyl sites for hydroxylation is 1. The molecule has 0 aliphatic carbocycles. The van der Waals surface area contributed by atoms with Crippen molar-refractivity contribution in [2.24, 2.45) is 5.92 Å². The van der Waals surface area contributed by atoms with Crippen molar-refractivity contribution in [1.82, 2.24) is 10.2 Å². The lowest BCUT2D eigenvalue weighted by molar-refractivity contribution is 0.199. The summed E-state index contributed by atoms with van der Waals surface area (Å²) in [7, 11) is 2.26. The average molecular weight is 260 g/mol. The zero-order valence-corrected chi connectivity index (χ0v) is 12.7. The van der Waals surface area contributed by atoms with Crippen molar-refractivity contribution >= 4 is 0 Å². The molecule has 0 spiro atoms. The number of hydrogen-bond donors (Lipinski definition) is 1. The Kier molecular flexibility index (Phi) is 5.41. The van der Waals surface area contributed by atoms with Crippen LogP contribution in [0.2, 0.25) is 0 Å². The summed E-state index contributed by atoms with van der Waals surface area (Å²) < 4.78 is 0. The van der Waals surface area contributed by atoms with Gasteiger partial charge >= 0.3 is 0 Å². The smallest absolute Gasteiger partial charge is 0.0316 e. The highest BCUT2D eigenvalue weighted by Gasteiger charge is 2.18. The third-order valence-electron chi connectivity index (χ3n) is 4.48. The monoisotopic (exact) mass is 260 g/mol. The molecule has 2 nitrogen and oxygen atoms in total. The van der Waals surface area contributed by atoms with Gasteiger partial charge in [0.25, 0.3) is 0 Å². The molecule has 1 fully saturated rings. The highest BCUT2D eigenvalue weighted by atomic mass is 15.1. The summed E-state index contributed by atoms with van der Waals surface area (Å²) in [6.07, 6.45) is 3.83. The number of rotatable bonds is 5. The van der Waals surface area contributed by atoms with Crippen molar-refractivity contribution < 1.29 is 0 Å². The molecule has 1 N–H and O–H groups in total. The van der Waals surface area contributed by atoms with Crippen LogP contribution in [0.3, 0.4) is 0 Å². The first-order chi connectivity index (χ1) is 9.20. The maximum atomic E-state index is 3.51. The molecule has 0 radical (unpaired) electrons. The van der Waals surface area contributed by atoms with E-state index in [0.29, 0.717) is 6.04 Å². The van der Waals surface area contributed by atoms with Gasteiger partial charge in [-0.25, -0.2) is 0 Å². The van der Waals surface area contributed by atoms with Gasteiger partial charge in [0.2, 0.25) is 0 Å². The molecule has 0 saturated carbocycles. The summed E-state index contributed by atoms with van der Waals surface area (Å²) in [5, 5.41) is 3.51. The van der Waals surface area contributed by atoms with Crippen molar-refractivity contribution in [3.63, 3.8) is 0 Å². The lowest BCUT2D eigenvalue weighted by atomic mass is 9.97. The summed E-state index contributed by atoms with van der Waals surface area (Å²) in [6.45, 7) is 8.11. The van der Waals surface area contributed by atoms with E-state index < -0.39 is 0 Å². The minimum Gasteiger partial charge on any atom is -0.316 e. The van der Waals surface area contributed by atoms with Crippen LogP contribution in [0.1, 0.15) is 43.9 Å². The second-order valence-corrected chi connectivity index (χ2v) is 5.92. The van der Waals surface area contributed by atoms with Gasteiger partial charge in [0, 0.05) is 12.6 Å². The Balaban J connectivity index is 1.91. The quantitative estimate of drug-likeness (QED) is 0.874. The maximum Gasteiger partial charge on any atom is 0.0316 e. The first-order valence-corrected chi connectivity index (χ1v) is 7.70. The molecule has 2 unspecified atom stereocenters. The summed E-state index contributed by atoms with van der Waals surface area (Å²) in [6, 6.07) is 9.62. The van der Waals surface area contributed by atoms with Crippen LogP contribution in [-0.2, 0) is 6.42 Å². The predicted molar refractivity (Wildman–Crippen MR) is 82.5 cm³/mol. The molecule has 1 aromatic rings. The lowest BCUT2D eigenvalue weighted by Crippen LogP contribution is -2.37. The zero-order valence-electron chi connectivity index (χ0n) is 12.7. The molecule has 19 heavy (non-hydrogen) atoms. The van der Waals surface area contributed by atoms with Crippen molar-refractivity contribution in [3.8, 4) is 0 Å². The normalized spacial score (nSPS) is 21.6. The second kappa shape index (κ2) is 7.06. The minimum absolute atomic E-state index is 0.507. The third kappa shape index (κ3) is 4.05. The standard InChI is InChI=1S/C17H28N2/c1-4-15-7-9-17(10-8-15)14(2)19(3)13-16-6-5-11-18-12-16/h7-10,14,16,18H,4-6,11-13H2,1-3H3. The molecule has 2 heteroatoms. The van der Waals surface area contributed by atoms with E-state index in [9.17, 15) is 0 Å². The zero-order chi connectivity index (χ0) is 13.7. The van der Waals surface area contributed by atoms with Crippen LogP contribution in [-0.4, -0.2) is 31.6 Å². The van der Waals surface area contributed by atoms with Crippen LogP contribution < -0.4 is 5.32 Å². The van der Waals surface area contributed by atoms with E-state index in [2.05, 4.69) is 55.4 Å². The molecule has 1 aliphatic heterocycles. The molecule has 1 aromatic carbocycles. The maximum absolute atomic E-state index is 3.51. The Morgan fingerprint density at radius 2 is 2.05 bits per heavy atom. The van der Waals surface area contributed by atoms with Crippen molar-refractivity contribution in [2.45, 2.75) is 39.2 Å². The van der Waals surface area contributed by atoms with E-state index in [1.807, 2.05) is 0 Å². The average Bonchev–Trinajstić information content (AvgIpc) is 2.47. The highest BCUT2D eigenvalue weighted by Crippen LogP contribution is 2.22. The lowest BCUT2D eigenvalue weighted by Gasteiger charge is -2.31. The van der Waals surface area contributed by atoms with Gasteiger partial charge in [0.1, 0.15) is 0 Å². The van der Waals surface area contributed by atoms with Crippen molar-refractivity contribution in [2.75, 3.05) is 26.7 Å². The largest absolute Gasteiger partial charge is 0.316 e. The molecule has 2 atom stereocenters. The fourth-order valence-electron chi connectivity index (χ4n) is 2.93. The van der Waals surface area contributed by atoms with Gasteiger partial charge in [0.15, 0.2) is 0 Å². The Labute approximate surface area is 118 Å². The molecule has 0 bridgehead atoms. The van der Waals surface area contributed by atoms with Gasteiger partial charge in [-0.05, 0) is 63.4 Å². The van der Waals surface area contributed by atoms with Gasteiger partial charge in [-0.1, -0.05) is 31.2 Å². The highest BCUT2D eigenvalue weighted by molar-refractivity contribution is 5.24. The second-order valence-electron chi connectivity index (χ2n) is 5.92. The molecule has 2 rings (SSSR count). The molecule has 1 heterocycles. The number of hydrogen-bond acceptors (Lipinski definition) is 2. The summed E-state index contributed by atoms with van der Waals surface area (Å²) in [4.78, 5) is 2.50. The number of piperidine rings is 1. The molecular formula is C17H28N2. The van der Waals surface area contributed by atoms with Crippen molar-refractivity contribution in [3.05, 3.63) is 35.4 Å². The third-order valence-corrected chi connectivity index (χ3v) is 4.48. The first kappa shape index (κ1) is 14.5. The number of benzene rings is 1. The van der Waals surface area contributed by atoms with Crippen LogP contribution >= 0.6 is 0 Å². The molecule has 0 aromatic heterocycles. The summed E-state index contributed by atoms with van der Waals surface area (Å²) in [5.41, 5.74) is 2.86. The van der Waals surface area contributed by atoms with Gasteiger partial charge in [-0.2, -0.15) is 0 Å². The molecule has 1 aliphatic rings. The van der Waals surface area contributed by atoms with Gasteiger partial charge in [-0.15, -0.1) is 0 Å². The van der Waals surface area contributed by atoms with E-state index >= 15 is 0 Å². The Morgan fingerprint density at radius 1 is 1.32 bits per heavy atom. The van der Waals surface area contributed by atoms with Crippen molar-refractivity contribution in [1.29, 1.82) is 0 Å². The van der Waals surface area contributed by atoms with Crippen LogP contribution in [0.5, 0.6) is 0 Å². The fourth-order valence-corrected chi connectivity index (χ4v) is 2.93. The predicted octanol–water partition coefficient (Wildman–Crippen LogP) is 3.24. The van der Waals surface area contributed by atoms with Crippen LogP contribution in [0.4, 0.5) is 0 Å². The Morgan fingerprint density at radius 3 is 2.63 bits per heavy atom. The molecule has 1 saturated heterocycles. The number of nitrogens with zero attached hydrogens (tertiary/aromatic N) is 1. The molecule has 106 valence electrons. The van der Waals surface area contributed by atoms with E-state index in [1.165, 1.54) is 43.6 Å². The van der Waals surface area contributed by atoms with Crippen LogP contribution in [0.25, 0.3) is 0 Å². The topological polar surface area (TPSA) is 15.3 Å². The van der Waals surface area contributed by atoms with E-state index in [4.69, 9.17) is 0 Å². The summed E-state index contributed by atoms with van der Waals surface area (Å²) in [5.74, 6) is 0.816. The Bertz CT molecular complexity index is 365.